The second-order valence-electron chi connectivity index (χ2n) is 6.79. The number of nitrogens with zero attached hydrogens (tertiary/aromatic N) is 1. The maximum absolute atomic E-state index is 12.5. The molecule has 0 unspecified atom stereocenters. The predicted octanol–water partition coefficient (Wildman–Crippen LogP) is 2.96. The lowest BCUT2D eigenvalue weighted by atomic mass is 9.83. The van der Waals surface area contributed by atoms with Crippen LogP contribution in [0.4, 0.5) is 0 Å². The van der Waals surface area contributed by atoms with Crippen molar-refractivity contribution in [3.8, 4) is 0 Å². The van der Waals surface area contributed by atoms with E-state index in [1.54, 1.807) is 0 Å². The maximum atomic E-state index is 12.5. The second-order valence-corrected chi connectivity index (χ2v) is 6.79. The molecule has 2 heterocycles. The Labute approximate surface area is 144 Å². The van der Waals surface area contributed by atoms with E-state index >= 15 is 0 Å². The summed E-state index contributed by atoms with van der Waals surface area (Å²) in [4.78, 5) is 12.5. The molecule has 0 aromatic carbocycles. The molecule has 2 aliphatic rings. The van der Waals surface area contributed by atoms with Crippen molar-refractivity contribution in [3.63, 3.8) is 0 Å². The molecule has 0 radical (unpaired) electrons. The van der Waals surface area contributed by atoms with Crippen LogP contribution in [0.15, 0.2) is 0 Å². The molecular formula is C17H29ClN4O. The number of aromatic amines is 1. The van der Waals surface area contributed by atoms with Gasteiger partial charge in [-0.15, -0.1) is 12.4 Å². The molecule has 3 N–H and O–H groups in total. The molecule has 1 aliphatic carbocycles. The van der Waals surface area contributed by atoms with Gasteiger partial charge in [0, 0.05) is 36.8 Å². The number of carbonyl (C=O) groups is 1. The zero-order valence-corrected chi connectivity index (χ0v) is 14.8. The first-order valence-electron chi connectivity index (χ1n) is 8.85. The number of halogens is 1. The third kappa shape index (κ3) is 4.48. The van der Waals surface area contributed by atoms with E-state index < -0.39 is 0 Å². The Balaban J connectivity index is 0.00000192. The lowest BCUT2D eigenvalue weighted by Gasteiger charge is -2.29. The first-order chi connectivity index (χ1) is 10.8. The molecule has 0 atom stereocenters. The van der Waals surface area contributed by atoms with Crippen molar-refractivity contribution in [3.05, 3.63) is 17.0 Å². The summed E-state index contributed by atoms with van der Waals surface area (Å²) in [6.45, 7) is 3.96. The van der Waals surface area contributed by atoms with Crippen molar-refractivity contribution in [2.45, 2.75) is 70.9 Å². The molecule has 3 rings (SSSR count). The average Bonchev–Trinajstić information content (AvgIpc) is 2.98. The fraction of sp³-hybridized carbons (Fsp3) is 0.765. The minimum atomic E-state index is -0.00166. The highest BCUT2D eigenvalue weighted by Gasteiger charge is 2.26. The van der Waals surface area contributed by atoms with Crippen LogP contribution in [-0.2, 0) is 13.0 Å². The molecule has 130 valence electrons. The third-order valence-electron chi connectivity index (χ3n) is 5.17. The normalized spacial score (nSPS) is 23.7. The van der Waals surface area contributed by atoms with E-state index in [0.717, 1.165) is 49.5 Å². The Hall–Kier alpha value is -1.07. The predicted molar refractivity (Wildman–Crippen MR) is 94.0 cm³/mol. The van der Waals surface area contributed by atoms with Crippen LogP contribution in [-0.4, -0.2) is 28.7 Å². The van der Waals surface area contributed by atoms with Crippen LogP contribution < -0.4 is 10.6 Å². The monoisotopic (exact) mass is 340 g/mol. The number of rotatable bonds is 5. The van der Waals surface area contributed by atoms with E-state index in [2.05, 4.69) is 27.8 Å². The molecule has 23 heavy (non-hydrogen) atoms. The summed E-state index contributed by atoms with van der Waals surface area (Å²) >= 11 is 0. The topological polar surface area (TPSA) is 69.8 Å². The molecule has 1 aromatic rings. The Morgan fingerprint density at radius 3 is 2.83 bits per heavy atom. The number of amides is 1. The standard InChI is InChI=1S/C17H28N4O.ClH/c1-2-3-4-12-5-7-13(8-6-12)19-17(22)16-14-11-18-10-9-15(14)20-21-16;/h12-13,18H,2-11H2,1H3,(H,19,22)(H,20,21);1H. The number of unbranched alkanes of at least 4 members (excludes halogenated alkanes) is 1. The lowest BCUT2D eigenvalue weighted by molar-refractivity contribution is 0.0914. The molecule has 1 aliphatic heterocycles. The molecule has 1 fully saturated rings. The quantitative estimate of drug-likeness (QED) is 0.771. The van der Waals surface area contributed by atoms with E-state index in [9.17, 15) is 4.79 Å². The van der Waals surface area contributed by atoms with Gasteiger partial charge in [0.2, 0.25) is 0 Å². The average molecular weight is 341 g/mol. The smallest absolute Gasteiger partial charge is 0.272 e. The molecule has 1 amide bonds. The highest BCUT2D eigenvalue weighted by Crippen LogP contribution is 2.28. The van der Waals surface area contributed by atoms with Crippen LogP contribution in [0, 0.1) is 5.92 Å². The van der Waals surface area contributed by atoms with Gasteiger partial charge in [-0.2, -0.15) is 5.10 Å². The number of carbonyl (C=O) groups excluding carboxylic acids is 1. The van der Waals surface area contributed by atoms with Gasteiger partial charge >= 0.3 is 0 Å². The van der Waals surface area contributed by atoms with Crippen LogP contribution in [0.3, 0.4) is 0 Å². The zero-order chi connectivity index (χ0) is 15.4. The van der Waals surface area contributed by atoms with Gasteiger partial charge in [0.1, 0.15) is 0 Å². The van der Waals surface area contributed by atoms with Crippen molar-refractivity contribution in [2.24, 2.45) is 5.92 Å². The third-order valence-corrected chi connectivity index (χ3v) is 5.17. The molecular weight excluding hydrogens is 312 g/mol. The van der Waals surface area contributed by atoms with Gasteiger partial charge in [-0.3, -0.25) is 9.89 Å². The molecule has 0 saturated heterocycles. The molecule has 1 saturated carbocycles. The van der Waals surface area contributed by atoms with Gasteiger partial charge in [0.15, 0.2) is 5.69 Å². The van der Waals surface area contributed by atoms with E-state index in [4.69, 9.17) is 0 Å². The molecule has 6 heteroatoms. The number of aromatic nitrogens is 2. The summed E-state index contributed by atoms with van der Waals surface area (Å²) in [7, 11) is 0. The van der Waals surface area contributed by atoms with Gasteiger partial charge < -0.3 is 10.6 Å². The van der Waals surface area contributed by atoms with Gasteiger partial charge in [-0.25, -0.2) is 0 Å². The highest BCUT2D eigenvalue weighted by molar-refractivity contribution is 5.94. The summed E-state index contributed by atoms with van der Waals surface area (Å²) in [5, 5.41) is 13.8. The first kappa shape index (κ1) is 18.3. The lowest BCUT2D eigenvalue weighted by Crippen LogP contribution is -2.38. The summed E-state index contributed by atoms with van der Waals surface area (Å²) in [5.74, 6) is 0.869. The van der Waals surface area contributed by atoms with Crippen molar-refractivity contribution in [2.75, 3.05) is 6.54 Å². The van der Waals surface area contributed by atoms with Gasteiger partial charge in [-0.1, -0.05) is 26.2 Å². The summed E-state index contributed by atoms with van der Waals surface area (Å²) in [5.41, 5.74) is 2.77. The van der Waals surface area contributed by atoms with Gasteiger partial charge in [0.25, 0.3) is 5.91 Å². The summed E-state index contributed by atoms with van der Waals surface area (Å²) in [6.07, 6.45) is 9.66. The summed E-state index contributed by atoms with van der Waals surface area (Å²) < 4.78 is 0. The zero-order valence-electron chi connectivity index (χ0n) is 14.0. The minimum absolute atomic E-state index is 0. The van der Waals surface area contributed by atoms with Crippen molar-refractivity contribution in [1.29, 1.82) is 0 Å². The van der Waals surface area contributed by atoms with Crippen LogP contribution in [0.2, 0.25) is 0 Å². The Morgan fingerprint density at radius 1 is 1.30 bits per heavy atom. The van der Waals surface area contributed by atoms with Gasteiger partial charge in [0.05, 0.1) is 0 Å². The number of hydrogen-bond donors (Lipinski definition) is 3. The first-order valence-corrected chi connectivity index (χ1v) is 8.85. The number of hydrogen-bond acceptors (Lipinski definition) is 3. The van der Waals surface area contributed by atoms with Crippen LogP contribution in [0.1, 0.15) is 73.6 Å². The van der Waals surface area contributed by atoms with Crippen LogP contribution >= 0.6 is 12.4 Å². The molecule has 1 aromatic heterocycles. The van der Waals surface area contributed by atoms with E-state index in [1.165, 1.54) is 32.1 Å². The second kappa shape index (κ2) is 8.69. The van der Waals surface area contributed by atoms with Crippen LogP contribution in [0.25, 0.3) is 0 Å². The van der Waals surface area contributed by atoms with E-state index in [0.29, 0.717) is 11.7 Å². The maximum Gasteiger partial charge on any atom is 0.272 e. The number of H-pyrrole nitrogens is 1. The number of fused-ring (bicyclic) bond motifs is 1. The minimum Gasteiger partial charge on any atom is -0.348 e. The summed E-state index contributed by atoms with van der Waals surface area (Å²) in [6, 6.07) is 0.328. The van der Waals surface area contributed by atoms with E-state index in [1.807, 2.05) is 0 Å². The fourth-order valence-corrected chi connectivity index (χ4v) is 3.76. The largest absolute Gasteiger partial charge is 0.348 e. The molecule has 0 bridgehead atoms. The number of nitrogens with one attached hydrogen (secondary N) is 3. The fourth-order valence-electron chi connectivity index (χ4n) is 3.76. The van der Waals surface area contributed by atoms with Crippen molar-refractivity contribution in [1.82, 2.24) is 20.8 Å². The molecule has 5 nitrogen and oxygen atoms in total. The van der Waals surface area contributed by atoms with E-state index in [-0.39, 0.29) is 18.3 Å². The molecule has 0 spiro atoms. The highest BCUT2D eigenvalue weighted by atomic mass is 35.5. The Bertz CT molecular complexity index is 509. The van der Waals surface area contributed by atoms with Crippen LogP contribution in [0.5, 0.6) is 0 Å². The van der Waals surface area contributed by atoms with Gasteiger partial charge in [-0.05, 0) is 31.6 Å². The van der Waals surface area contributed by atoms with Crippen molar-refractivity contribution < 1.29 is 4.79 Å². The SMILES string of the molecule is CCCCC1CCC(NC(=O)c2n[nH]c3c2CNCC3)CC1.Cl. The Morgan fingerprint density at radius 2 is 2.09 bits per heavy atom. The van der Waals surface area contributed by atoms with Crippen molar-refractivity contribution >= 4 is 18.3 Å². The Kier molecular flexibility index (Phi) is 6.90.